The number of nitrogens with zero attached hydrogens (tertiary/aromatic N) is 2. The first kappa shape index (κ1) is 13.2. The summed E-state index contributed by atoms with van der Waals surface area (Å²) < 4.78 is 0. The first-order valence-corrected chi connectivity index (χ1v) is 6.79. The lowest BCUT2D eigenvalue weighted by atomic mass is 10.1. The van der Waals surface area contributed by atoms with Crippen molar-refractivity contribution in [3.63, 3.8) is 0 Å². The molecule has 2 rings (SSSR count). The van der Waals surface area contributed by atoms with Gasteiger partial charge in [-0.3, -0.25) is 5.32 Å². The second-order valence-electron chi connectivity index (χ2n) is 4.03. The van der Waals surface area contributed by atoms with Gasteiger partial charge >= 0.3 is 5.69 Å². The average molecular weight is 275 g/mol. The van der Waals surface area contributed by atoms with Gasteiger partial charge in [-0.2, -0.15) is 5.26 Å². The normalized spacial score (nSPS) is 11.6. The lowest BCUT2D eigenvalue weighted by Crippen LogP contribution is -2.12. The van der Waals surface area contributed by atoms with Crippen LogP contribution in [0.3, 0.4) is 0 Å². The summed E-state index contributed by atoms with van der Waals surface area (Å²) in [7, 11) is 0. The van der Waals surface area contributed by atoms with Crippen LogP contribution in [0.15, 0.2) is 15.9 Å². The van der Waals surface area contributed by atoms with E-state index in [1.54, 1.807) is 0 Å². The summed E-state index contributed by atoms with van der Waals surface area (Å²) >= 11 is 1.33. The number of thioether (sulfide) groups is 1. The number of aliphatic imine (C=N–C) groups is 1. The molecule has 0 aliphatic heterocycles. The van der Waals surface area contributed by atoms with Crippen LogP contribution in [-0.4, -0.2) is 21.4 Å². The number of rotatable bonds is 1. The summed E-state index contributed by atoms with van der Waals surface area (Å²) in [6.07, 6.45) is 3.67. The Bertz CT molecular complexity index is 750. The average Bonchev–Trinajstić information content (AvgIpc) is 2.73. The Morgan fingerprint density at radius 1 is 1.47 bits per heavy atom. The largest absolute Gasteiger partial charge is 0.323 e. The number of nitriles is 1. The van der Waals surface area contributed by atoms with Crippen LogP contribution in [0.25, 0.3) is 11.0 Å². The molecule has 1 aromatic carbocycles. The van der Waals surface area contributed by atoms with Crippen molar-refractivity contribution in [2.45, 2.75) is 13.8 Å². The van der Waals surface area contributed by atoms with E-state index in [1.807, 2.05) is 32.4 Å². The van der Waals surface area contributed by atoms with Gasteiger partial charge in [-0.25, -0.2) is 9.79 Å². The van der Waals surface area contributed by atoms with Gasteiger partial charge < -0.3 is 9.97 Å². The van der Waals surface area contributed by atoms with Crippen LogP contribution >= 0.6 is 11.8 Å². The molecule has 0 radical (unpaired) electrons. The van der Waals surface area contributed by atoms with E-state index in [0.717, 1.165) is 11.1 Å². The fourth-order valence-corrected chi connectivity index (χ4v) is 2.13. The smallest absolute Gasteiger partial charge is 0.306 e. The van der Waals surface area contributed by atoms with Crippen LogP contribution in [-0.2, 0) is 0 Å². The maximum absolute atomic E-state index is 11.4. The molecule has 0 spiro atoms. The quantitative estimate of drug-likeness (QED) is 0.320. The number of imidazole rings is 1. The van der Waals surface area contributed by atoms with Gasteiger partial charge in [0.05, 0.1) is 16.7 Å². The minimum absolute atomic E-state index is 0.268. The zero-order valence-electron chi connectivity index (χ0n) is 10.8. The number of aromatic amines is 2. The minimum atomic E-state index is -0.268. The molecule has 0 bridgehead atoms. The van der Waals surface area contributed by atoms with Gasteiger partial charge in [-0.15, -0.1) is 0 Å². The highest BCUT2D eigenvalue weighted by molar-refractivity contribution is 8.13. The third-order valence-electron chi connectivity index (χ3n) is 2.87. The third kappa shape index (κ3) is 2.48. The summed E-state index contributed by atoms with van der Waals surface area (Å²) in [6.45, 7) is 3.89. The fraction of sp³-hybridized carbons (Fsp3) is 0.250. The summed E-state index contributed by atoms with van der Waals surface area (Å²) in [6, 6.07) is 1.90. The molecular formula is C12H13N5OS. The summed E-state index contributed by atoms with van der Waals surface area (Å²) in [4.78, 5) is 21.3. The highest BCUT2D eigenvalue weighted by atomic mass is 32.2. The number of H-pyrrole nitrogens is 2. The number of hydrogen-bond donors (Lipinski definition) is 3. The Balaban J connectivity index is 2.74. The molecule has 7 heteroatoms. The van der Waals surface area contributed by atoms with Crippen molar-refractivity contribution in [2.75, 3.05) is 6.26 Å². The standard InChI is InChI=1S/C12H13N5OS/c1-6-4-8-10(16-11(18)15-8)9(7(6)2)17-12(19-3)14-5-13/h4H,1-3H3,(H,14,17)(H2,15,16,18). The van der Waals surface area contributed by atoms with Crippen molar-refractivity contribution in [1.29, 1.82) is 5.26 Å². The SMILES string of the molecule is CSC(=Nc1c(C)c(C)cc2[nH]c(=O)[nH]c12)NC#N. The van der Waals surface area contributed by atoms with E-state index in [2.05, 4.69) is 20.3 Å². The molecule has 0 aliphatic rings. The Hall–Kier alpha value is -2.20. The van der Waals surface area contributed by atoms with Crippen molar-refractivity contribution in [3.05, 3.63) is 27.7 Å². The molecule has 1 heterocycles. The molecule has 3 N–H and O–H groups in total. The van der Waals surface area contributed by atoms with Crippen molar-refractivity contribution in [3.8, 4) is 6.19 Å². The molecular weight excluding hydrogens is 262 g/mol. The molecule has 19 heavy (non-hydrogen) atoms. The number of fused-ring (bicyclic) bond motifs is 1. The fourth-order valence-electron chi connectivity index (χ4n) is 1.80. The molecule has 2 aromatic rings. The molecule has 6 nitrogen and oxygen atoms in total. The second kappa shape index (κ2) is 5.20. The molecule has 0 aliphatic carbocycles. The van der Waals surface area contributed by atoms with Gasteiger partial charge in [-0.05, 0) is 37.3 Å². The van der Waals surface area contributed by atoms with E-state index in [-0.39, 0.29) is 5.69 Å². The van der Waals surface area contributed by atoms with Crippen molar-refractivity contribution >= 4 is 33.7 Å². The minimum Gasteiger partial charge on any atom is -0.306 e. The first-order valence-electron chi connectivity index (χ1n) is 5.56. The van der Waals surface area contributed by atoms with Crippen LogP contribution in [0.5, 0.6) is 0 Å². The molecule has 0 atom stereocenters. The Labute approximate surface area is 113 Å². The van der Waals surface area contributed by atoms with Crippen molar-refractivity contribution in [2.24, 2.45) is 4.99 Å². The van der Waals surface area contributed by atoms with Crippen LogP contribution in [0.2, 0.25) is 0 Å². The van der Waals surface area contributed by atoms with E-state index >= 15 is 0 Å². The van der Waals surface area contributed by atoms with Crippen molar-refractivity contribution in [1.82, 2.24) is 15.3 Å². The molecule has 0 amide bonds. The van der Waals surface area contributed by atoms with E-state index in [9.17, 15) is 4.79 Å². The number of nitrogens with one attached hydrogen (secondary N) is 3. The number of aromatic nitrogens is 2. The van der Waals surface area contributed by atoms with Gasteiger partial charge in [0.15, 0.2) is 11.4 Å². The zero-order chi connectivity index (χ0) is 14.0. The van der Waals surface area contributed by atoms with Gasteiger partial charge in [0.2, 0.25) is 0 Å². The van der Waals surface area contributed by atoms with E-state index in [1.165, 1.54) is 11.8 Å². The van der Waals surface area contributed by atoms with Gasteiger partial charge in [-0.1, -0.05) is 11.8 Å². The van der Waals surface area contributed by atoms with E-state index < -0.39 is 0 Å². The zero-order valence-corrected chi connectivity index (χ0v) is 11.6. The number of amidine groups is 1. The molecule has 0 unspecified atom stereocenters. The van der Waals surface area contributed by atoms with Crippen LogP contribution < -0.4 is 11.0 Å². The molecule has 1 aromatic heterocycles. The van der Waals surface area contributed by atoms with Crippen LogP contribution in [0.1, 0.15) is 11.1 Å². The van der Waals surface area contributed by atoms with E-state index in [0.29, 0.717) is 21.9 Å². The van der Waals surface area contributed by atoms with Gasteiger partial charge in [0.25, 0.3) is 0 Å². The summed E-state index contributed by atoms with van der Waals surface area (Å²) in [5.41, 5.74) is 3.76. The third-order valence-corrected chi connectivity index (χ3v) is 3.45. The highest BCUT2D eigenvalue weighted by Crippen LogP contribution is 2.30. The van der Waals surface area contributed by atoms with Gasteiger partial charge in [0, 0.05) is 0 Å². The maximum Gasteiger partial charge on any atom is 0.323 e. The molecule has 0 fully saturated rings. The van der Waals surface area contributed by atoms with E-state index in [4.69, 9.17) is 5.26 Å². The van der Waals surface area contributed by atoms with Crippen LogP contribution in [0, 0.1) is 25.3 Å². The summed E-state index contributed by atoms with van der Waals surface area (Å²) in [5.74, 6) is 0. The number of aryl methyl sites for hydroxylation is 1. The van der Waals surface area contributed by atoms with Gasteiger partial charge in [0.1, 0.15) is 0 Å². The first-order chi connectivity index (χ1) is 9.06. The van der Waals surface area contributed by atoms with Crippen LogP contribution in [0.4, 0.5) is 5.69 Å². The molecule has 98 valence electrons. The number of hydrogen-bond acceptors (Lipinski definition) is 4. The second-order valence-corrected chi connectivity index (χ2v) is 4.82. The van der Waals surface area contributed by atoms with Crippen molar-refractivity contribution < 1.29 is 0 Å². The molecule has 0 saturated carbocycles. The Morgan fingerprint density at radius 2 is 2.21 bits per heavy atom. The Kier molecular flexibility index (Phi) is 3.62. The lowest BCUT2D eigenvalue weighted by molar-refractivity contribution is 1.21. The Morgan fingerprint density at radius 3 is 2.84 bits per heavy atom. The monoisotopic (exact) mass is 275 g/mol. The lowest BCUT2D eigenvalue weighted by Gasteiger charge is -2.07. The summed E-state index contributed by atoms with van der Waals surface area (Å²) in [5, 5.41) is 11.7. The maximum atomic E-state index is 11.4. The predicted octanol–water partition coefficient (Wildman–Crippen LogP) is 1.89. The predicted molar refractivity (Wildman–Crippen MR) is 77.8 cm³/mol. The highest BCUT2D eigenvalue weighted by Gasteiger charge is 2.11. The topological polar surface area (TPSA) is 96.8 Å². The molecule has 0 saturated heterocycles. The number of benzene rings is 1.